The molecule has 14 heavy (non-hydrogen) atoms. The minimum Gasteiger partial charge on any atom is -0.314 e. The van der Waals surface area contributed by atoms with Crippen molar-refractivity contribution in [1.29, 1.82) is 0 Å². The molecule has 1 N–H and O–H groups in total. The number of piperazine rings is 1. The van der Waals surface area contributed by atoms with Crippen LogP contribution in [0, 0.1) is 6.92 Å². The van der Waals surface area contributed by atoms with Gasteiger partial charge in [-0.2, -0.15) is 0 Å². The largest absolute Gasteiger partial charge is 0.314 e. The van der Waals surface area contributed by atoms with Gasteiger partial charge >= 0.3 is 0 Å². The molecule has 1 atom stereocenters. The van der Waals surface area contributed by atoms with Crippen molar-refractivity contribution in [3.63, 3.8) is 0 Å². The smallest absolute Gasteiger partial charge is 0.107 e. The van der Waals surface area contributed by atoms with E-state index in [1.807, 2.05) is 0 Å². The molecular formula is C10H17N3S. The summed E-state index contributed by atoms with van der Waals surface area (Å²) in [6.45, 7) is 8.69. The first-order chi connectivity index (χ1) is 6.75. The third-order valence-electron chi connectivity index (χ3n) is 2.64. The Morgan fingerprint density at radius 3 is 3.21 bits per heavy atom. The van der Waals surface area contributed by atoms with Crippen molar-refractivity contribution in [2.45, 2.75) is 26.4 Å². The van der Waals surface area contributed by atoms with Gasteiger partial charge in [0.25, 0.3) is 0 Å². The molecule has 0 radical (unpaired) electrons. The van der Waals surface area contributed by atoms with Gasteiger partial charge in [0, 0.05) is 36.8 Å². The zero-order valence-electron chi connectivity index (χ0n) is 8.79. The number of aromatic nitrogens is 1. The van der Waals surface area contributed by atoms with Crippen LogP contribution in [0.1, 0.15) is 17.6 Å². The fourth-order valence-corrected chi connectivity index (χ4v) is 2.56. The highest BCUT2D eigenvalue weighted by atomic mass is 32.1. The van der Waals surface area contributed by atoms with Crippen molar-refractivity contribution in [2.75, 3.05) is 19.6 Å². The number of hydrogen-bond donors (Lipinski definition) is 1. The maximum Gasteiger partial charge on any atom is 0.107 e. The molecule has 0 saturated carbocycles. The molecule has 4 heteroatoms. The molecule has 78 valence electrons. The Labute approximate surface area is 89.1 Å². The second kappa shape index (κ2) is 4.38. The minimum absolute atomic E-state index is 0.632. The summed E-state index contributed by atoms with van der Waals surface area (Å²) in [5.74, 6) is 0. The van der Waals surface area contributed by atoms with Gasteiger partial charge in [-0.15, -0.1) is 11.3 Å². The summed E-state index contributed by atoms with van der Waals surface area (Å²) in [4.78, 5) is 6.99. The predicted octanol–water partition coefficient (Wildman–Crippen LogP) is 1.25. The van der Waals surface area contributed by atoms with Gasteiger partial charge in [-0.1, -0.05) is 0 Å². The average molecular weight is 211 g/mol. The van der Waals surface area contributed by atoms with E-state index in [9.17, 15) is 0 Å². The highest BCUT2D eigenvalue weighted by Gasteiger charge is 2.18. The third-order valence-corrected chi connectivity index (χ3v) is 3.60. The fraction of sp³-hybridized carbons (Fsp3) is 0.700. The van der Waals surface area contributed by atoms with Crippen LogP contribution in [0.5, 0.6) is 0 Å². The summed E-state index contributed by atoms with van der Waals surface area (Å²) >= 11 is 1.77. The normalized spacial score (nSPS) is 24.0. The van der Waals surface area contributed by atoms with Gasteiger partial charge < -0.3 is 5.32 Å². The van der Waals surface area contributed by atoms with E-state index in [0.717, 1.165) is 31.9 Å². The molecular weight excluding hydrogens is 194 g/mol. The molecule has 1 aliphatic rings. The monoisotopic (exact) mass is 211 g/mol. The van der Waals surface area contributed by atoms with Crippen LogP contribution in [0.25, 0.3) is 0 Å². The van der Waals surface area contributed by atoms with Crippen LogP contribution in [-0.4, -0.2) is 35.6 Å². The molecule has 0 spiro atoms. The highest BCUT2D eigenvalue weighted by molar-refractivity contribution is 7.09. The molecule has 1 aromatic heterocycles. The van der Waals surface area contributed by atoms with Gasteiger partial charge in [0.05, 0.1) is 6.54 Å². The molecule has 0 amide bonds. The maximum atomic E-state index is 4.50. The average Bonchev–Trinajstić information content (AvgIpc) is 2.56. The Morgan fingerprint density at radius 2 is 2.57 bits per heavy atom. The Kier molecular flexibility index (Phi) is 3.15. The van der Waals surface area contributed by atoms with Crippen molar-refractivity contribution in [3.05, 3.63) is 16.1 Å². The van der Waals surface area contributed by atoms with E-state index < -0.39 is 0 Å². The number of hydrogen-bond acceptors (Lipinski definition) is 4. The first-order valence-electron chi connectivity index (χ1n) is 5.11. The standard InChI is InChI=1S/C10H17N3S/c1-8-7-14-10(12-8)6-13-4-3-11-5-9(13)2/h7,9,11H,3-6H2,1-2H3. The van der Waals surface area contributed by atoms with Gasteiger partial charge in [0.15, 0.2) is 0 Å². The molecule has 1 unspecified atom stereocenters. The zero-order valence-corrected chi connectivity index (χ0v) is 9.60. The Hall–Kier alpha value is -0.450. The summed E-state index contributed by atoms with van der Waals surface area (Å²) in [6, 6.07) is 0.632. The first-order valence-corrected chi connectivity index (χ1v) is 5.99. The maximum absolute atomic E-state index is 4.50. The topological polar surface area (TPSA) is 28.2 Å². The number of nitrogens with one attached hydrogen (secondary N) is 1. The first kappa shape index (κ1) is 10.1. The molecule has 0 aromatic carbocycles. The fourth-order valence-electron chi connectivity index (χ4n) is 1.77. The van der Waals surface area contributed by atoms with Crippen LogP contribution in [0.15, 0.2) is 5.38 Å². The lowest BCUT2D eigenvalue weighted by Crippen LogP contribution is -2.49. The third kappa shape index (κ3) is 2.32. The van der Waals surface area contributed by atoms with Crippen molar-refractivity contribution in [3.8, 4) is 0 Å². The van der Waals surface area contributed by atoms with Crippen LogP contribution in [-0.2, 0) is 6.54 Å². The number of aryl methyl sites for hydroxylation is 1. The molecule has 1 aromatic rings. The van der Waals surface area contributed by atoms with Crippen molar-refractivity contribution < 1.29 is 0 Å². The van der Waals surface area contributed by atoms with Gasteiger partial charge in [-0.3, -0.25) is 4.90 Å². The zero-order chi connectivity index (χ0) is 9.97. The summed E-state index contributed by atoms with van der Waals surface area (Å²) in [5.41, 5.74) is 1.15. The van der Waals surface area contributed by atoms with Gasteiger partial charge in [0.1, 0.15) is 5.01 Å². The molecule has 2 heterocycles. The van der Waals surface area contributed by atoms with Crippen LogP contribution in [0.3, 0.4) is 0 Å². The van der Waals surface area contributed by atoms with Crippen LogP contribution >= 0.6 is 11.3 Å². The van der Waals surface area contributed by atoms with E-state index in [1.54, 1.807) is 11.3 Å². The summed E-state index contributed by atoms with van der Waals surface area (Å²) in [7, 11) is 0. The Morgan fingerprint density at radius 1 is 1.71 bits per heavy atom. The lowest BCUT2D eigenvalue weighted by Gasteiger charge is -2.33. The Balaban J connectivity index is 1.95. The van der Waals surface area contributed by atoms with E-state index in [4.69, 9.17) is 0 Å². The van der Waals surface area contributed by atoms with Gasteiger partial charge in [-0.05, 0) is 13.8 Å². The van der Waals surface area contributed by atoms with Crippen molar-refractivity contribution in [2.24, 2.45) is 0 Å². The quantitative estimate of drug-likeness (QED) is 0.798. The van der Waals surface area contributed by atoms with E-state index >= 15 is 0 Å². The van der Waals surface area contributed by atoms with Crippen molar-refractivity contribution in [1.82, 2.24) is 15.2 Å². The van der Waals surface area contributed by atoms with Crippen LogP contribution in [0.4, 0.5) is 0 Å². The van der Waals surface area contributed by atoms with Crippen LogP contribution < -0.4 is 5.32 Å². The molecule has 3 nitrogen and oxygen atoms in total. The number of rotatable bonds is 2. The SMILES string of the molecule is Cc1csc(CN2CCNCC2C)n1. The summed E-state index contributed by atoms with van der Waals surface area (Å²) in [5, 5.41) is 6.77. The molecule has 0 bridgehead atoms. The molecule has 0 aliphatic carbocycles. The molecule has 1 saturated heterocycles. The molecule has 1 fully saturated rings. The number of nitrogens with zero attached hydrogens (tertiary/aromatic N) is 2. The van der Waals surface area contributed by atoms with E-state index in [2.05, 4.69) is 34.4 Å². The minimum atomic E-state index is 0.632. The second-order valence-electron chi connectivity index (χ2n) is 3.91. The van der Waals surface area contributed by atoms with Crippen LogP contribution in [0.2, 0.25) is 0 Å². The Bertz CT molecular complexity index is 297. The summed E-state index contributed by atoms with van der Waals surface area (Å²) < 4.78 is 0. The van der Waals surface area contributed by atoms with Crippen molar-refractivity contribution >= 4 is 11.3 Å². The lowest BCUT2D eigenvalue weighted by molar-refractivity contribution is 0.165. The molecule has 2 rings (SSSR count). The predicted molar refractivity (Wildman–Crippen MR) is 59.6 cm³/mol. The van der Waals surface area contributed by atoms with Gasteiger partial charge in [0.2, 0.25) is 0 Å². The lowest BCUT2D eigenvalue weighted by atomic mass is 10.2. The number of thiazole rings is 1. The highest BCUT2D eigenvalue weighted by Crippen LogP contribution is 2.14. The molecule has 1 aliphatic heterocycles. The van der Waals surface area contributed by atoms with E-state index in [1.165, 1.54) is 5.01 Å². The van der Waals surface area contributed by atoms with Gasteiger partial charge in [-0.25, -0.2) is 4.98 Å². The summed E-state index contributed by atoms with van der Waals surface area (Å²) in [6.07, 6.45) is 0. The van der Waals surface area contributed by atoms with E-state index in [0.29, 0.717) is 6.04 Å². The second-order valence-corrected chi connectivity index (χ2v) is 4.85. The van der Waals surface area contributed by atoms with E-state index in [-0.39, 0.29) is 0 Å².